The predicted molar refractivity (Wildman–Crippen MR) is 77.0 cm³/mol. The topological polar surface area (TPSA) is 87.5 Å². The summed E-state index contributed by atoms with van der Waals surface area (Å²) in [5.74, 6) is -0.388. The molecule has 1 atom stereocenters. The number of rotatable bonds is 4. The fraction of sp³-hybridized carbons (Fsp3) is 0.429. The molecule has 0 saturated carbocycles. The Bertz CT molecular complexity index is 486. The maximum absolute atomic E-state index is 11.4. The molecule has 0 bridgehead atoms. The van der Waals surface area contributed by atoms with Crippen LogP contribution in [0.4, 0.5) is 5.69 Å². The SMILES string of the molecule is CC(=O)Nc1ccc(CN2CCNCC2C(N)=O)cc1. The number of anilines is 1. The summed E-state index contributed by atoms with van der Waals surface area (Å²) in [5, 5.41) is 5.90. The molecule has 1 aliphatic heterocycles. The first kappa shape index (κ1) is 14.5. The summed E-state index contributed by atoms with van der Waals surface area (Å²) >= 11 is 0. The summed E-state index contributed by atoms with van der Waals surface area (Å²) in [4.78, 5) is 24.5. The van der Waals surface area contributed by atoms with E-state index in [-0.39, 0.29) is 17.9 Å². The zero-order valence-electron chi connectivity index (χ0n) is 11.6. The van der Waals surface area contributed by atoms with Gasteiger partial charge in [0, 0.05) is 38.8 Å². The van der Waals surface area contributed by atoms with Gasteiger partial charge in [0.2, 0.25) is 11.8 Å². The highest BCUT2D eigenvalue weighted by Crippen LogP contribution is 2.14. The van der Waals surface area contributed by atoms with Crippen LogP contribution in [0.1, 0.15) is 12.5 Å². The number of primary amides is 1. The van der Waals surface area contributed by atoms with Crippen molar-refractivity contribution in [3.63, 3.8) is 0 Å². The van der Waals surface area contributed by atoms with Gasteiger partial charge in [-0.25, -0.2) is 0 Å². The van der Waals surface area contributed by atoms with Gasteiger partial charge >= 0.3 is 0 Å². The van der Waals surface area contributed by atoms with Gasteiger partial charge in [-0.2, -0.15) is 0 Å². The van der Waals surface area contributed by atoms with Crippen LogP contribution in [-0.4, -0.2) is 42.4 Å². The second kappa shape index (κ2) is 6.49. The highest BCUT2D eigenvalue weighted by Gasteiger charge is 2.26. The highest BCUT2D eigenvalue weighted by atomic mass is 16.2. The number of amides is 2. The van der Waals surface area contributed by atoms with Crippen molar-refractivity contribution in [2.75, 3.05) is 25.0 Å². The molecule has 1 saturated heterocycles. The number of carbonyl (C=O) groups excluding carboxylic acids is 2. The number of hydrogen-bond acceptors (Lipinski definition) is 4. The molecule has 1 unspecified atom stereocenters. The van der Waals surface area contributed by atoms with Crippen LogP contribution in [0, 0.1) is 0 Å². The maximum atomic E-state index is 11.4. The summed E-state index contributed by atoms with van der Waals surface area (Å²) < 4.78 is 0. The van der Waals surface area contributed by atoms with Crippen LogP contribution in [-0.2, 0) is 16.1 Å². The van der Waals surface area contributed by atoms with Crippen LogP contribution >= 0.6 is 0 Å². The maximum Gasteiger partial charge on any atom is 0.236 e. The standard InChI is InChI=1S/C14H20N4O2/c1-10(19)17-12-4-2-11(3-5-12)9-18-7-6-16-8-13(18)14(15)20/h2-5,13,16H,6-9H2,1H3,(H2,15,20)(H,17,19). The van der Waals surface area contributed by atoms with E-state index < -0.39 is 0 Å². The third kappa shape index (κ3) is 3.79. The molecular formula is C14H20N4O2. The number of piperazine rings is 1. The van der Waals surface area contributed by atoms with Gasteiger partial charge in [0.25, 0.3) is 0 Å². The van der Waals surface area contributed by atoms with Gasteiger partial charge < -0.3 is 16.4 Å². The highest BCUT2D eigenvalue weighted by molar-refractivity contribution is 5.88. The van der Waals surface area contributed by atoms with E-state index in [1.54, 1.807) is 0 Å². The minimum atomic E-state index is -0.299. The lowest BCUT2D eigenvalue weighted by Gasteiger charge is -2.34. The molecule has 1 heterocycles. The molecule has 108 valence electrons. The number of carbonyl (C=O) groups is 2. The lowest BCUT2D eigenvalue weighted by atomic mass is 10.1. The molecule has 1 aromatic rings. The van der Waals surface area contributed by atoms with Crippen LogP contribution in [0.5, 0.6) is 0 Å². The average Bonchev–Trinajstić information content (AvgIpc) is 2.41. The minimum Gasteiger partial charge on any atom is -0.368 e. The van der Waals surface area contributed by atoms with E-state index in [0.29, 0.717) is 13.1 Å². The lowest BCUT2D eigenvalue weighted by molar-refractivity contribution is -0.124. The van der Waals surface area contributed by atoms with Crippen molar-refractivity contribution < 1.29 is 9.59 Å². The van der Waals surface area contributed by atoms with Gasteiger partial charge in [0.05, 0.1) is 0 Å². The zero-order chi connectivity index (χ0) is 14.5. The van der Waals surface area contributed by atoms with Crippen molar-refractivity contribution in [2.24, 2.45) is 5.73 Å². The Balaban J connectivity index is 2.01. The van der Waals surface area contributed by atoms with E-state index in [0.717, 1.165) is 24.3 Å². The number of hydrogen-bond donors (Lipinski definition) is 3. The molecule has 1 aliphatic rings. The summed E-state index contributed by atoms with van der Waals surface area (Å²) in [6.45, 7) is 4.40. The first-order chi connectivity index (χ1) is 9.56. The second-order valence-corrected chi connectivity index (χ2v) is 4.97. The molecule has 0 spiro atoms. The van der Waals surface area contributed by atoms with E-state index in [1.807, 2.05) is 24.3 Å². The average molecular weight is 276 g/mol. The predicted octanol–water partition coefficient (Wildman–Crippen LogP) is -0.0959. The third-order valence-electron chi connectivity index (χ3n) is 3.34. The van der Waals surface area contributed by atoms with Crippen LogP contribution in [0.2, 0.25) is 0 Å². The number of benzene rings is 1. The van der Waals surface area contributed by atoms with Gasteiger partial charge in [0.1, 0.15) is 6.04 Å². The molecule has 20 heavy (non-hydrogen) atoms. The monoisotopic (exact) mass is 276 g/mol. The van der Waals surface area contributed by atoms with E-state index >= 15 is 0 Å². The largest absolute Gasteiger partial charge is 0.368 e. The van der Waals surface area contributed by atoms with Crippen LogP contribution < -0.4 is 16.4 Å². The number of nitrogens with zero attached hydrogens (tertiary/aromatic N) is 1. The first-order valence-electron chi connectivity index (χ1n) is 6.67. The van der Waals surface area contributed by atoms with Gasteiger partial charge in [-0.15, -0.1) is 0 Å². The molecule has 1 fully saturated rings. The zero-order valence-corrected chi connectivity index (χ0v) is 11.6. The lowest BCUT2D eigenvalue weighted by Crippen LogP contribution is -2.56. The Morgan fingerprint density at radius 3 is 2.70 bits per heavy atom. The van der Waals surface area contributed by atoms with Gasteiger partial charge in [-0.05, 0) is 17.7 Å². The smallest absolute Gasteiger partial charge is 0.236 e. The Morgan fingerprint density at radius 2 is 2.10 bits per heavy atom. The van der Waals surface area contributed by atoms with Crippen LogP contribution in [0.25, 0.3) is 0 Å². The molecule has 4 N–H and O–H groups in total. The van der Waals surface area contributed by atoms with Crippen molar-refractivity contribution in [3.8, 4) is 0 Å². The van der Waals surface area contributed by atoms with E-state index in [1.165, 1.54) is 6.92 Å². The Morgan fingerprint density at radius 1 is 1.40 bits per heavy atom. The first-order valence-corrected chi connectivity index (χ1v) is 6.67. The van der Waals surface area contributed by atoms with Crippen molar-refractivity contribution in [2.45, 2.75) is 19.5 Å². The number of nitrogens with one attached hydrogen (secondary N) is 2. The fourth-order valence-electron chi connectivity index (χ4n) is 2.35. The van der Waals surface area contributed by atoms with E-state index in [4.69, 9.17) is 5.73 Å². The summed E-state index contributed by atoms with van der Waals surface area (Å²) in [5.41, 5.74) is 7.28. The molecule has 2 amide bonds. The molecule has 6 nitrogen and oxygen atoms in total. The Labute approximate surface area is 118 Å². The van der Waals surface area contributed by atoms with Crippen molar-refractivity contribution >= 4 is 17.5 Å². The molecule has 1 aromatic carbocycles. The molecule has 0 aliphatic carbocycles. The van der Waals surface area contributed by atoms with Gasteiger partial charge in [-0.1, -0.05) is 12.1 Å². The Kier molecular flexibility index (Phi) is 4.70. The summed E-state index contributed by atoms with van der Waals surface area (Å²) in [6.07, 6.45) is 0. The third-order valence-corrected chi connectivity index (χ3v) is 3.34. The van der Waals surface area contributed by atoms with Gasteiger partial charge in [-0.3, -0.25) is 14.5 Å². The molecule has 0 radical (unpaired) electrons. The van der Waals surface area contributed by atoms with E-state index in [9.17, 15) is 9.59 Å². The summed E-state index contributed by atoms with van der Waals surface area (Å²) in [6, 6.07) is 7.35. The molecule has 6 heteroatoms. The van der Waals surface area contributed by atoms with Crippen LogP contribution in [0.3, 0.4) is 0 Å². The normalized spacial score (nSPS) is 19.6. The Hall–Kier alpha value is -1.92. The summed E-state index contributed by atoms with van der Waals surface area (Å²) in [7, 11) is 0. The number of nitrogens with two attached hydrogens (primary N) is 1. The van der Waals surface area contributed by atoms with E-state index in [2.05, 4.69) is 15.5 Å². The fourth-order valence-corrected chi connectivity index (χ4v) is 2.35. The molecule has 0 aromatic heterocycles. The molecular weight excluding hydrogens is 256 g/mol. The minimum absolute atomic E-state index is 0.0892. The second-order valence-electron chi connectivity index (χ2n) is 4.97. The van der Waals surface area contributed by atoms with Crippen molar-refractivity contribution in [1.29, 1.82) is 0 Å². The van der Waals surface area contributed by atoms with Crippen molar-refractivity contribution in [3.05, 3.63) is 29.8 Å². The van der Waals surface area contributed by atoms with Crippen molar-refractivity contribution in [1.82, 2.24) is 10.2 Å². The quantitative estimate of drug-likeness (QED) is 0.717. The van der Waals surface area contributed by atoms with Crippen LogP contribution in [0.15, 0.2) is 24.3 Å². The van der Waals surface area contributed by atoms with Gasteiger partial charge in [0.15, 0.2) is 0 Å². The molecule has 2 rings (SSSR count).